The molecule has 11 nitrogen and oxygen atoms in total. The van der Waals surface area contributed by atoms with Crippen molar-refractivity contribution in [2.45, 2.75) is 98.7 Å². The fourth-order valence-electron chi connectivity index (χ4n) is 3.64. The Labute approximate surface area is 219 Å². The highest BCUT2D eigenvalue weighted by atomic mass is 16.2. The van der Waals surface area contributed by atoms with Crippen LogP contribution < -0.4 is 21.7 Å². The van der Waals surface area contributed by atoms with Gasteiger partial charge in [-0.2, -0.15) is 0 Å². The Morgan fingerprint density at radius 1 is 0.811 bits per heavy atom. The van der Waals surface area contributed by atoms with Gasteiger partial charge >= 0.3 is 0 Å². The molecule has 0 unspecified atom stereocenters. The van der Waals surface area contributed by atoms with Crippen molar-refractivity contribution in [2.75, 3.05) is 0 Å². The molecule has 0 heterocycles. The Bertz CT molecular complexity index is 896. The fraction of sp³-hybridized carbons (Fsp3) is 0.654. The van der Waals surface area contributed by atoms with E-state index in [0.29, 0.717) is 12.1 Å². The number of allylic oxidation sites excluding steroid dienone is 1. The number of carbonyl (C=O) groups excluding carboxylic acids is 6. The fourth-order valence-corrected chi connectivity index (χ4v) is 3.64. The summed E-state index contributed by atoms with van der Waals surface area (Å²) >= 11 is 0. The largest absolute Gasteiger partial charge is 0.370 e. The van der Waals surface area contributed by atoms with Crippen LogP contribution >= 0.6 is 0 Å². The molecule has 0 rings (SSSR count). The second kappa shape index (κ2) is 17.1. The highest BCUT2D eigenvalue weighted by molar-refractivity contribution is 5.96. The molecule has 0 aromatic carbocycles. The summed E-state index contributed by atoms with van der Waals surface area (Å²) in [4.78, 5) is 78.1. The van der Waals surface area contributed by atoms with Crippen LogP contribution in [0.25, 0.3) is 0 Å². The van der Waals surface area contributed by atoms with Gasteiger partial charge in [0.15, 0.2) is 5.78 Å². The Hall–Kier alpha value is -3.37. The Kier molecular flexibility index (Phi) is 15.6. The number of amides is 4. The van der Waals surface area contributed by atoms with Gasteiger partial charge in [0.05, 0.1) is 6.04 Å². The number of nitrogens with one attached hydrogen (secondary N) is 3. The molecular weight excluding hydrogens is 478 g/mol. The van der Waals surface area contributed by atoms with E-state index < -0.39 is 41.6 Å². The van der Waals surface area contributed by atoms with Gasteiger partial charge in [-0.3, -0.25) is 33.8 Å². The summed E-state index contributed by atoms with van der Waals surface area (Å²) in [5, 5.41) is 7.80. The maximum atomic E-state index is 13.3. The highest BCUT2D eigenvalue weighted by Gasteiger charge is 2.30. The number of rotatable bonds is 17. The normalized spacial score (nSPS) is 15.0. The van der Waals surface area contributed by atoms with Crippen molar-refractivity contribution in [3.63, 3.8) is 0 Å². The van der Waals surface area contributed by atoms with Gasteiger partial charge in [0, 0.05) is 37.1 Å². The minimum absolute atomic E-state index is 0.0668. The lowest BCUT2D eigenvalue weighted by Crippen LogP contribution is -2.56. The van der Waals surface area contributed by atoms with Gasteiger partial charge < -0.3 is 21.7 Å². The number of carbonyl (C=O) groups is 6. The van der Waals surface area contributed by atoms with Crippen molar-refractivity contribution in [1.82, 2.24) is 16.0 Å². The Morgan fingerprint density at radius 2 is 1.35 bits per heavy atom. The number of Topliss-reactive ketones (excluding diaryl/α,β-unsaturated/α-hetero) is 2. The minimum atomic E-state index is -1.23. The molecule has 0 saturated heterocycles. The summed E-state index contributed by atoms with van der Waals surface area (Å²) < 4.78 is 0. The van der Waals surface area contributed by atoms with Gasteiger partial charge in [-0.1, -0.05) is 26.8 Å². The van der Waals surface area contributed by atoms with Crippen LogP contribution in [0.3, 0.4) is 0 Å². The standard InChI is InChI=1S/C26H43N5O6/c1-8-19(28-9-2)14-22(31-24(35)16(5)12-15(3)4)26(37)29-20(10-11-23(27)34)25(36)30-21(18(7)33)13-17(6)32/h8-9,15-16,20-22H,10-14H2,1-7H3,(H2,27,34)(H,29,37)(H,30,36)(H,31,35)/b19-8-,28-9?/t16-,20-,21+,22+/m0/s1. The minimum Gasteiger partial charge on any atom is -0.370 e. The van der Waals surface area contributed by atoms with E-state index in [1.807, 2.05) is 13.8 Å². The second-order valence-electron chi connectivity index (χ2n) is 9.61. The molecule has 0 saturated carbocycles. The maximum Gasteiger partial charge on any atom is 0.243 e. The van der Waals surface area contributed by atoms with E-state index in [1.165, 1.54) is 13.8 Å². The van der Waals surface area contributed by atoms with E-state index in [4.69, 9.17) is 5.73 Å². The number of ketones is 2. The first-order chi connectivity index (χ1) is 17.2. The Morgan fingerprint density at radius 3 is 1.81 bits per heavy atom. The van der Waals surface area contributed by atoms with Gasteiger partial charge in [-0.15, -0.1) is 0 Å². The van der Waals surface area contributed by atoms with Crippen LogP contribution in [0.15, 0.2) is 16.8 Å². The second-order valence-corrected chi connectivity index (χ2v) is 9.61. The molecule has 0 radical (unpaired) electrons. The van der Waals surface area contributed by atoms with E-state index in [2.05, 4.69) is 20.9 Å². The third-order valence-corrected chi connectivity index (χ3v) is 5.56. The predicted molar refractivity (Wildman–Crippen MR) is 141 cm³/mol. The Balaban J connectivity index is 5.92. The van der Waals surface area contributed by atoms with Crippen molar-refractivity contribution < 1.29 is 28.8 Å². The molecule has 0 fully saturated rings. The first-order valence-electron chi connectivity index (χ1n) is 12.5. The third-order valence-electron chi connectivity index (χ3n) is 5.56. The van der Waals surface area contributed by atoms with E-state index in [9.17, 15) is 28.8 Å². The zero-order valence-corrected chi connectivity index (χ0v) is 23.1. The van der Waals surface area contributed by atoms with Crippen LogP contribution in [0.2, 0.25) is 0 Å². The van der Waals surface area contributed by atoms with Crippen molar-refractivity contribution in [1.29, 1.82) is 0 Å². The smallest absolute Gasteiger partial charge is 0.243 e. The summed E-state index contributed by atoms with van der Waals surface area (Å²) in [6.45, 7) is 11.7. The number of hydrogen-bond acceptors (Lipinski definition) is 7. The SMILES string of the molecule is CC=N/C(=C\C)C[C@@H](NC(=O)[C@@H](C)CC(C)C)C(=O)N[C@@H](CCC(N)=O)C(=O)N[C@H](CC(C)=O)C(C)=O. The topological polar surface area (TPSA) is 177 Å². The van der Waals surface area contributed by atoms with Gasteiger partial charge in [0.1, 0.15) is 17.9 Å². The average molecular weight is 522 g/mol. The zero-order chi connectivity index (χ0) is 28.7. The highest BCUT2D eigenvalue weighted by Crippen LogP contribution is 2.14. The lowest BCUT2D eigenvalue weighted by Gasteiger charge is -2.25. The molecule has 0 aliphatic heterocycles. The molecule has 208 valence electrons. The molecule has 4 atom stereocenters. The summed E-state index contributed by atoms with van der Waals surface area (Å²) in [5.41, 5.74) is 5.79. The molecule has 37 heavy (non-hydrogen) atoms. The van der Waals surface area contributed by atoms with Crippen molar-refractivity contribution in [3.8, 4) is 0 Å². The van der Waals surface area contributed by atoms with E-state index in [1.54, 1.807) is 33.1 Å². The number of aliphatic imine (C=N–C) groups is 1. The lowest BCUT2D eigenvalue weighted by atomic mass is 9.97. The van der Waals surface area contributed by atoms with Crippen LogP contribution in [0.1, 0.15) is 80.6 Å². The van der Waals surface area contributed by atoms with E-state index in [0.717, 1.165) is 0 Å². The summed E-state index contributed by atoms with van der Waals surface area (Å²) in [6.07, 6.45) is 3.41. The van der Waals surface area contributed by atoms with Crippen molar-refractivity contribution in [3.05, 3.63) is 11.8 Å². The number of hydrogen-bond donors (Lipinski definition) is 4. The monoisotopic (exact) mass is 521 g/mol. The summed E-state index contributed by atoms with van der Waals surface area (Å²) in [5.74, 6) is -3.21. The molecular formula is C26H43N5O6. The maximum absolute atomic E-state index is 13.3. The first-order valence-corrected chi connectivity index (χ1v) is 12.5. The van der Waals surface area contributed by atoms with Crippen LogP contribution in [0.4, 0.5) is 0 Å². The van der Waals surface area contributed by atoms with E-state index in [-0.39, 0.29) is 49.2 Å². The quantitative estimate of drug-likeness (QED) is 0.210. The molecule has 0 spiro atoms. The van der Waals surface area contributed by atoms with Crippen molar-refractivity contribution in [2.24, 2.45) is 22.6 Å². The molecule has 4 amide bonds. The van der Waals surface area contributed by atoms with Crippen LogP contribution in [0, 0.1) is 11.8 Å². The lowest BCUT2D eigenvalue weighted by molar-refractivity contribution is -0.134. The van der Waals surface area contributed by atoms with Gasteiger partial charge in [-0.05, 0) is 46.5 Å². The molecule has 5 N–H and O–H groups in total. The van der Waals surface area contributed by atoms with Gasteiger partial charge in [-0.25, -0.2) is 0 Å². The van der Waals surface area contributed by atoms with Gasteiger partial charge in [0.2, 0.25) is 23.6 Å². The molecule has 0 bridgehead atoms. The summed E-state index contributed by atoms with van der Waals surface area (Å²) in [6, 6.07) is -3.36. The van der Waals surface area contributed by atoms with Crippen LogP contribution in [0.5, 0.6) is 0 Å². The van der Waals surface area contributed by atoms with Gasteiger partial charge in [0.25, 0.3) is 0 Å². The molecule has 11 heteroatoms. The number of primary amides is 1. The van der Waals surface area contributed by atoms with E-state index >= 15 is 0 Å². The molecule has 0 aromatic rings. The van der Waals surface area contributed by atoms with Crippen LogP contribution in [-0.4, -0.2) is 59.5 Å². The number of nitrogens with zero attached hydrogens (tertiary/aromatic N) is 1. The molecule has 0 aliphatic carbocycles. The number of nitrogens with two attached hydrogens (primary N) is 1. The molecule has 0 aromatic heterocycles. The predicted octanol–water partition coefficient (Wildman–Crippen LogP) is 1.34. The van der Waals surface area contributed by atoms with Crippen LogP contribution in [-0.2, 0) is 28.8 Å². The summed E-state index contributed by atoms with van der Waals surface area (Å²) in [7, 11) is 0. The average Bonchev–Trinajstić information content (AvgIpc) is 2.78. The third kappa shape index (κ3) is 14.1. The van der Waals surface area contributed by atoms with Crippen molar-refractivity contribution >= 4 is 41.4 Å². The molecule has 0 aliphatic rings. The first kappa shape index (κ1) is 33.6. The zero-order valence-electron chi connectivity index (χ0n) is 23.1.